The second-order valence-corrected chi connectivity index (χ2v) is 7.85. The first kappa shape index (κ1) is 17.7. The number of nitrogens with zero attached hydrogens (tertiary/aromatic N) is 2. The van der Waals surface area contributed by atoms with Crippen molar-refractivity contribution in [2.24, 2.45) is 11.0 Å². The van der Waals surface area contributed by atoms with Gasteiger partial charge in [-0.1, -0.05) is 12.1 Å². The smallest absolute Gasteiger partial charge is 0.123 e. The fourth-order valence-corrected chi connectivity index (χ4v) is 4.52. The molecule has 2 unspecified atom stereocenters. The molecule has 2 atom stereocenters. The molecule has 3 aromatic carbocycles. The number of hydrazone groups is 1. The monoisotopic (exact) mass is 387 g/mol. The van der Waals surface area contributed by atoms with Gasteiger partial charge in [0.15, 0.2) is 0 Å². The quantitative estimate of drug-likeness (QED) is 0.612. The number of fused-ring (bicyclic) bond motifs is 3. The molecule has 0 saturated carbocycles. The maximum Gasteiger partial charge on any atom is 0.123 e. The highest BCUT2D eigenvalue weighted by molar-refractivity contribution is 6.07. The van der Waals surface area contributed by atoms with Crippen LogP contribution in [0, 0.1) is 18.7 Å². The molecule has 2 aliphatic rings. The fraction of sp³-hybridized carbons (Fsp3) is 0.208. The predicted molar refractivity (Wildman–Crippen MR) is 114 cm³/mol. The van der Waals surface area contributed by atoms with Gasteiger partial charge in [-0.25, -0.2) is 4.39 Å². The predicted octanol–water partition coefficient (Wildman–Crippen LogP) is 4.95. The van der Waals surface area contributed by atoms with E-state index in [0.717, 1.165) is 52.2 Å². The number of nitrogens with two attached hydrogens (primary N) is 1. The summed E-state index contributed by atoms with van der Waals surface area (Å²) in [5.74, 6) is 0.226. The molecule has 1 aliphatic carbocycles. The number of hydrogen-bond acceptors (Lipinski definition) is 4. The molecule has 0 amide bonds. The highest BCUT2D eigenvalue weighted by Gasteiger charge is 2.42. The Labute approximate surface area is 169 Å². The van der Waals surface area contributed by atoms with Gasteiger partial charge in [-0.3, -0.25) is 5.01 Å². The van der Waals surface area contributed by atoms with Gasteiger partial charge in [-0.05, 0) is 85.0 Å². The van der Waals surface area contributed by atoms with E-state index in [1.54, 1.807) is 6.07 Å². The summed E-state index contributed by atoms with van der Waals surface area (Å²) in [5, 5.41) is 17.0. The van der Waals surface area contributed by atoms with Gasteiger partial charge in [0, 0.05) is 17.2 Å². The number of halogens is 1. The largest absolute Gasteiger partial charge is 0.508 e. The van der Waals surface area contributed by atoms with Gasteiger partial charge in [0.2, 0.25) is 0 Å². The molecule has 0 aromatic heterocycles. The first-order valence-electron chi connectivity index (χ1n) is 9.83. The lowest BCUT2D eigenvalue weighted by atomic mass is 9.77. The number of rotatable bonds is 2. The van der Waals surface area contributed by atoms with Crippen molar-refractivity contribution < 1.29 is 9.50 Å². The molecule has 0 radical (unpaired) electrons. The van der Waals surface area contributed by atoms with Crippen LogP contribution in [0.1, 0.15) is 34.7 Å². The number of phenolic OH excluding ortho intramolecular Hbond substituents is 1. The van der Waals surface area contributed by atoms with Gasteiger partial charge < -0.3 is 10.8 Å². The van der Waals surface area contributed by atoms with Crippen LogP contribution < -0.4 is 10.7 Å². The minimum atomic E-state index is -0.243. The summed E-state index contributed by atoms with van der Waals surface area (Å²) in [7, 11) is 0. The van der Waals surface area contributed by atoms with Crippen molar-refractivity contribution in [3.63, 3.8) is 0 Å². The van der Waals surface area contributed by atoms with E-state index in [4.69, 9.17) is 10.8 Å². The lowest BCUT2D eigenvalue weighted by Gasteiger charge is -2.31. The number of aryl methyl sites for hydroxylation is 2. The Morgan fingerprint density at radius 2 is 1.86 bits per heavy atom. The van der Waals surface area contributed by atoms with Crippen molar-refractivity contribution in [1.82, 2.24) is 0 Å². The van der Waals surface area contributed by atoms with E-state index in [2.05, 4.69) is 0 Å². The molecule has 1 aliphatic heterocycles. The molecule has 0 spiro atoms. The molecule has 4 nitrogen and oxygen atoms in total. The standard InChI is InChI=1S/C24H22FN3O/c1-14-12-18(7-11-22(14)26)28-24(15-2-5-17(25)6-3-15)21-9-4-16-13-19(29)8-10-20(16)23(21)27-28/h2-3,5-8,10-13,21,24,29H,4,9,26H2,1H3. The Kier molecular flexibility index (Phi) is 4.05. The lowest BCUT2D eigenvalue weighted by molar-refractivity contribution is 0.472. The first-order valence-corrected chi connectivity index (χ1v) is 9.83. The maximum absolute atomic E-state index is 13.6. The molecule has 3 N–H and O–H groups in total. The Bertz CT molecular complexity index is 1120. The van der Waals surface area contributed by atoms with Gasteiger partial charge >= 0.3 is 0 Å². The Morgan fingerprint density at radius 1 is 1.07 bits per heavy atom. The molecular weight excluding hydrogens is 365 g/mol. The second-order valence-electron chi connectivity index (χ2n) is 7.85. The third-order valence-electron chi connectivity index (χ3n) is 6.03. The van der Waals surface area contributed by atoms with Crippen LogP contribution in [-0.4, -0.2) is 10.8 Å². The number of benzene rings is 3. The van der Waals surface area contributed by atoms with Crippen LogP contribution in [0.25, 0.3) is 0 Å². The van der Waals surface area contributed by atoms with Crippen molar-refractivity contribution in [3.05, 3.63) is 88.7 Å². The van der Waals surface area contributed by atoms with Gasteiger partial charge in [0.05, 0.1) is 17.4 Å². The number of anilines is 2. The van der Waals surface area contributed by atoms with E-state index in [9.17, 15) is 9.50 Å². The van der Waals surface area contributed by atoms with Crippen molar-refractivity contribution in [2.45, 2.75) is 25.8 Å². The molecule has 0 bridgehead atoms. The average molecular weight is 387 g/mol. The van der Waals surface area contributed by atoms with Crippen LogP contribution in [0.2, 0.25) is 0 Å². The highest BCUT2D eigenvalue weighted by Crippen LogP contribution is 2.46. The number of phenols is 1. The summed E-state index contributed by atoms with van der Waals surface area (Å²) in [6.45, 7) is 1.99. The second kappa shape index (κ2) is 6.62. The van der Waals surface area contributed by atoms with Crippen LogP contribution in [0.15, 0.2) is 65.8 Å². The summed E-state index contributed by atoms with van der Waals surface area (Å²) in [5.41, 5.74) is 13.0. The molecule has 1 heterocycles. The van der Waals surface area contributed by atoms with E-state index in [1.165, 1.54) is 12.1 Å². The zero-order chi connectivity index (χ0) is 20.1. The Morgan fingerprint density at radius 3 is 2.62 bits per heavy atom. The third-order valence-corrected chi connectivity index (χ3v) is 6.03. The Hall–Kier alpha value is -3.34. The maximum atomic E-state index is 13.6. The van der Waals surface area contributed by atoms with Crippen LogP contribution in [0.3, 0.4) is 0 Å². The summed E-state index contributed by atoms with van der Waals surface area (Å²) >= 11 is 0. The van der Waals surface area contributed by atoms with E-state index in [-0.39, 0.29) is 23.5 Å². The van der Waals surface area contributed by atoms with E-state index >= 15 is 0 Å². The molecule has 3 aromatic rings. The third kappa shape index (κ3) is 2.94. The van der Waals surface area contributed by atoms with E-state index < -0.39 is 0 Å². The van der Waals surface area contributed by atoms with Gasteiger partial charge in [0.25, 0.3) is 0 Å². The van der Waals surface area contributed by atoms with Crippen LogP contribution >= 0.6 is 0 Å². The summed E-state index contributed by atoms with van der Waals surface area (Å²) in [6.07, 6.45) is 1.79. The van der Waals surface area contributed by atoms with Gasteiger partial charge in [0.1, 0.15) is 11.6 Å². The lowest BCUT2D eigenvalue weighted by Crippen LogP contribution is -2.28. The van der Waals surface area contributed by atoms with Crippen LogP contribution in [0.4, 0.5) is 15.8 Å². The van der Waals surface area contributed by atoms with Gasteiger partial charge in [-0.2, -0.15) is 5.10 Å². The van der Waals surface area contributed by atoms with E-state index in [0.29, 0.717) is 0 Å². The average Bonchev–Trinajstić information content (AvgIpc) is 3.10. The first-order chi connectivity index (χ1) is 14.0. The van der Waals surface area contributed by atoms with Crippen molar-refractivity contribution in [3.8, 4) is 5.75 Å². The van der Waals surface area contributed by atoms with Crippen LogP contribution in [0.5, 0.6) is 5.75 Å². The number of aromatic hydroxyl groups is 1. The minimum absolute atomic E-state index is 0.0180. The van der Waals surface area contributed by atoms with Crippen molar-refractivity contribution in [2.75, 3.05) is 10.7 Å². The fourth-order valence-electron chi connectivity index (χ4n) is 4.52. The van der Waals surface area contributed by atoms with Gasteiger partial charge in [-0.15, -0.1) is 0 Å². The molecule has 146 valence electrons. The van der Waals surface area contributed by atoms with Crippen molar-refractivity contribution >= 4 is 17.1 Å². The zero-order valence-electron chi connectivity index (χ0n) is 16.1. The topological polar surface area (TPSA) is 61.8 Å². The zero-order valence-corrected chi connectivity index (χ0v) is 16.1. The van der Waals surface area contributed by atoms with Crippen LogP contribution in [-0.2, 0) is 6.42 Å². The number of hydrogen-bond donors (Lipinski definition) is 2. The highest BCUT2D eigenvalue weighted by atomic mass is 19.1. The summed E-state index contributed by atoms with van der Waals surface area (Å²) < 4.78 is 13.6. The molecule has 5 heteroatoms. The SMILES string of the molecule is Cc1cc(N2N=C3c4ccc(O)cc4CCC3C2c2ccc(F)cc2)ccc1N. The summed E-state index contributed by atoms with van der Waals surface area (Å²) in [4.78, 5) is 0. The normalized spacial score (nSPS) is 20.2. The molecular formula is C24H22FN3O. The molecule has 5 rings (SSSR count). The van der Waals surface area contributed by atoms with E-state index in [1.807, 2.05) is 54.4 Å². The molecule has 0 fully saturated rings. The summed E-state index contributed by atoms with van der Waals surface area (Å²) in [6, 6.07) is 18.1. The minimum Gasteiger partial charge on any atom is -0.508 e. The molecule has 29 heavy (non-hydrogen) atoms. The number of nitrogen functional groups attached to an aromatic ring is 1. The Balaban J connectivity index is 1.65. The molecule has 0 saturated heterocycles. The van der Waals surface area contributed by atoms with Crippen molar-refractivity contribution in [1.29, 1.82) is 0 Å².